The molecule has 1 atom stereocenters. The van der Waals surface area contributed by atoms with Crippen LogP contribution in [-0.2, 0) is 0 Å². The molecule has 4 rings (SSSR count). The summed E-state index contributed by atoms with van der Waals surface area (Å²) in [6, 6.07) is 9.58. The van der Waals surface area contributed by atoms with Crippen molar-refractivity contribution in [3.63, 3.8) is 0 Å². The third-order valence-electron chi connectivity index (χ3n) is 4.71. The van der Waals surface area contributed by atoms with E-state index in [0.29, 0.717) is 10.8 Å². The van der Waals surface area contributed by atoms with Crippen molar-refractivity contribution in [3.05, 3.63) is 51.6 Å². The largest absolute Gasteiger partial charge is 0.386 e. The molecule has 1 amide bonds. The fraction of sp³-hybridized carbons (Fsp3) is 0.333. The Morgan fingerprint density at radius 1 is 1.27 bits per heavy atom. The van der Waals surface area contributed by atoms with E-state index >= 15 is 0 Å². The monoisotopic (exact) mass is 370 g/mol. The Kier molecular flexibility index (Phi) is 4.29. The minimum Gasteiger partial charge on any atom is -0.386 e. The van der Waals surface area contributed by atoms with Crippen LogP contribution in [0.1, 0.15) is 63.8 Å². The van der Waals surface area contributed by atoms with Crippen molar-refractivity contribution in [2.24, 2.45) is 5.73 Å². The molecule has 0 radical (unpaired) electrons. The predicted octanol–water partition coefficient (Wildman–Crippen LogP) is 3.01. The van der Waals surface area contributed by atoms with Crippen molar-refractivity contribution in [2.45, 2.75) is 37.7 Å². The summed E-state index contributed by atoms with van der Waals surface area (Å²) in [6.45, 7) is 1.68. The summed E-state index contributed by atoms with van der Waals surface area (Å²) in [4.78, 5) is 11.8. The molecule has 1 saturated carbocycles. The van der Waals surface area contributed by atoms with Crippen LogP contribution in [0.15, 0.2) is 34.9 Å². The molecule has 0 spiro atoms. The quantitative estimate of drug-likeness (QED) is 0.713. The lowest BCUT2D eigenvalue weighted by molar-refractivity contribution is 0.0989. The van der Waals surface area contributed by atoms with E-state index in [0.717, 1.165) is 29.0 Å². The number of aliphatic hydroxyl groups is 1. The highest BCUT2D eigenvalue weighted by molar-refractivity contribution is 7.11. The van der Waals surface area contributed by atoms with Gasteiger partial charge in [0.15, 0.2) is 11.5 Å². The summed E-state index contributed by atoms with van der Waals surface area (Å²) in [6.07, 6.45) is 1.02. The Bertz CT molecular complexity index is 929. The van der Waals surface area contributed by atoms with Crippen LogP contribution in [-0.4, -0.2) is 26.4 Å². The van der Waals surface area contributed by atoms with Gasteiger partial charge in [0.2, 0.25) is 0 Å². The summed E-state index contributed by atoms with van der Waals surface area (Å²) in [7, 11) is 0. The molecule has 3 N–H and O–H groups in total. The van der Waals surface area contributed by atoms with Crippen LogP contribution in [0.25, 0.3) is 11.3 Å². The molecule has 0 unspecified atom stereocenters. The van der Waals surface area contributed by atoms with E-state index < -0.39 is 12.0 Å². The summed E-state index contributed by atoms with van der Waals surface area (Å²) < 4.78 is 5.47. The minimum atomic E-state index is -0.610. The van der Waals surface area contributed by atoms with Crippen molar-refractivity contribution in [1.29, 1.82) is 0 Å². The van der Waals surface area contributed by atoms with E-state index in [4.69, 9.17) is 10.3 Å². The second-order valence-electron chi connectivity index (χ2n) is 6.52. The zero-order valence-electron chi connectivity index (χ0n) is 14.1. The van der Waals surface area contributed by atoms with Crippen molar-refractivity contribution >= 4 is 17.2 Å². The molecular formula is C18H18N4O3S. The number of rotatable bonds is 5. The molecule has 1 fully saturated rings. The van der Waals surface area contributed by atoms with Gasteiger partial charge in [0.1, 0.15) is 16.1 Å². The highest BCUT2D eigenvalue weighted by atomic mass is 32.1. The van der Waals surface area contributed by atoms with E-state index in [-0.39, 0.29) is 17.5 Å². The number of amides is 1. The molecule has 26 heavy (non-hydrogen) atoms. The molecule has 8 heteroatoms. The number of hydrogen-bond donors (Lipinski definition) is 2. The molecule has 3 aromatic rings. The van der Waals surface area contributed by atoms with Crippen LogP contribution >= 0.6 is 11.3 Å². The fourth-order valence-corrected chi connectivity index (χ4v) is 4.19. The van der Waals surface area contributed by atoms with Crippen LogP contribution in [0.3, 0.4) is 0 Å². The summed E-state index contributed by atoms with van der Waals surface area (Å²) in [5, 5.41) is 23.3. The molecule has 1 aliphatic rings. The third-order valence-corrected chi connectivity index (χ3v) is 5.96. The van der Waals surface area contributed by atoms with Crippen molar-refractivity contribution in [1.82, 2.24) is 15.4 Å². The molecule has 2 heterocycles. The van der Waals surface area contributed by atoms with Crippen LogP contribution in [0.2, 0.25) is 0 Å². The molecule has 0 aliphatic heterocycles. The second-order valence-corrected chi connectivity index (χ2v) is 7.56. The highest BCUT2D eigenvalue weighted by Crippen LogP contribution is 2.51. The number of primary amides is 1. The Hall–Kier alpha value is -2.58. The number of aromatic nitrogens is 3. The van der Waals surface area contributed by atoms with Gasteiger partial charge < -0.3 is 15.4 Å². The Morgan fingerprint density at radius 3 is 2.62 bits per heavy atom. The molecule has 0 saturated heterocycles. The molecule has 2 aromatic heterocycles. The summed E-state index contributed by atoms with van der Waals surface area (Å²) in [5.41, 5.74) is 7.35. The maximum Gasteiger partial charge on any atom is 0.271 e. The van der Waals surface area contributed by atoms with Crippen LogP contribution in [0.4, 0.5) is 0 Å². The first kappa shape index (κ1) is 16.9. The standard InChI is InChI=1S/C18H18N4O3S/c1-9(23)17-20-21-18(26-17)12-7-11(8-12)13-14(16(19)24)22-25-15(13)10-5-3-2-4-6-10/h2-6,9,11-12,23H,7-8H2,1H3,(H2,19,24)/t9-,11?,12?/m0/s1. The number of aliphatic hydroxyl groups excluding tert-OH is 1. The molecule has 134 valence electrons. The first-order valence-electron chi connectivity index (χ1n) is 8.40. The van der Waals surface area contributed by atoms with E-state index in [1.807, 2.05) is 30.3 Å². The third kappa shape index (κ3) is 2.91. The number of carbonyl (C=O) groups is 1. The van der Waals surface area contributed by atoms with Crippen molar-refractivity contribution in [2.75, 3.05) is 0 Å². The van der Waals surface area contributed by atoms with Crippen LogP contribution in [0, 0.1) is 0 Å². The van der Waals surface area contributed by atoms with Gasteiger partial charge in [0, 0.05) is 17.0 Å². The average Bonchev–Trinajstić information content (AvgIpc) is 3.22. The Balaban J connectivity index is 1.60. The van der Waals surface area contributed by atoms with E-state index in [1.54, 1.807) is 6.92 Å². The van der Waals surface area contributed by atoms with Gasteiger partial charge in [-0.05, 0) is 25.7 Å². The molecule has 0 bridgehead atoms. The normalized spacial score (nSPS) is 20.5. The second kappa shape index (κ2) is 6.62. The molecule has 7 nitrogen and oxygen atoms in total. The Morgan fingerprint density at radius 2 is 2.00 bits per heavy atom. The van der Waals surface area contributed by atoms with E-state index in [1.165, 1.54) is 11.3 Å². The summed E-state index contributed by atoms with van der Waals surface area (Å²) in [5.74, 6) is 0.401. The maximum absolute atomic E-state index is 11.8. The molecule has 1 aliphatic carbocycles. The van der Waals surface area contributed by atoms with Crippen LogP contribution in [0.5, 0.6) is 0 Å². The van der Waals surface area contributed by atoms with Gasteiger partial charge >= 0.3 is 0 Å². The highest BCUT2D eigenvalue weighted by Gasteiger charge is 2.39. The minimum absolute atomic E-state index is 0.128. The smallest absolute Gasteiger partial charge is 0.271 e. The number of nitrogens with two attached hydrogens (primary N) is 1. The lowest BCUT2D eigenvalue weighted by Gasteiger charge is -2.33. The fourth-order valence-electron chi connectivity index (χ4n) is 3.29. The van der Waals surface area contributed by atoms with Gasteiger partial charge in [-0.2, -0.15) is 0 Å². The van der Waals surface area contributed by atoms with Crippen molar-refractivity contribution < 1.29 is 14.4 Å². The van der Waals surface area contributed by atoms with Gasteiger partial charge in [-0.1, -0.05) is 46.8 Å². The van der Waals surface area contributed by atoms with Gasteiger partial charge in [0.25, 0.3) is 5.91 Å². The predicted molar refractivity (Wildman–Crippen MR) is 95.7 cm³/mol. The zero-order valence-corrected chi connectivity index (χ0v) is 14.9. The van der Waals surface area contributed by atoms with Crippen LogP contribution < -0.4 is 5.73 Å². The first-order valence-corrected chi connectivity index (χ1v) is 9.22. The number of nitrogens with zero attached hydrogens (tertiary/aromatic N) is 3. The van der Waals surface area contributed by atoms with Gasteiger partial charge in [-0.15, -0.1) is 10.2 Å². The lowest BCUT2D eigenvalue weighted by atomic mass is 9.70. The number of carbonyl (C=O) groups excluding carboxylic acids is 1. The molecule has 1 aromatic carbocycles. The van der Waals surface area contributed by atoms with Gasteiger partial charge in [0.05, 0.1) is 0 Å². The van der Waals surface area contributed by atoms with Gasteiger partial charge in [-0.3, -0.25) is 4.79 Å². The van der Waals surface area contributed by atoms with E-state index in [2.05, 4.69) is 15.4 Å². The van der Waals surface area contributed by atoms with Crippen molar-refractivity contribution in [3.8, 4) is 11.3 Å². The first-order chi connectivity index (χ1) is 12.5. The molecular weight excluding hydrogens is 352 g/mol. The maximum atomic E-state index is 11.8. The number of hydrogen-bond acceptors (Lipinski definition) is 7. The Labute approximate surface area is 153 Å². The van der Waals surface area contributed by atoms with E-state index in [9.17, 15) is 9.90 Å². The lowest BCUT2D eigenvalue weighted by Crippen LogP contribution is -2.23. The summed E-state index contributed by atoms with van der Waals surface area (Å²) >= 11 is 1.43. The van der Waals surface area contributed by atoms with Gasteiger partial charge in [-0.25, -0.2) is 0 Å². The topological polar surface area (TPSA) is 115 Å². The zero-order chi connectivity index (χ0) is 18.3. The number of benzene rings is 1. The average molecular weight is 370 g/mol. The SMILES string of the molecule is C[C@H](O)c1nnc(C2CC(c3c(C(N)=O)noc3-c3ccccc3)C2)s1.